The van der Waals surface area contributed by atoms with E-state index < -0.39 is 5.97 Å². The number of aromatic nitrogens is 3. The number of carbonyl (C=O) groups excluding carboxylic acids is 1. The Labute approximate surface area is 110 Å². The molecule has 9 heteroatoms. The van der Waals surface area contributed by atoms with Gasteiger partial charge in [-0.1, -0.05) is 5.16 Å². The Morgan fingerprint density at radius 1 is 1.32 bits per heavy atom. The van der Waals surface area contributed by atoms with Crippen LogP contribution < -0.4 is 16.4 Å². The van der Waals surface area contributed by atoms with Gasteiger partial charge in [0.25, 0.3) is 0 Å². The van der Waals surface area contributed by atoms with Crippen molar-refractivity contribution >= 4 is 23.7 Å². The standard InChI is InChI=1S/C10H17N7O2/c1-4-17(5-2)10-14-8(13-9(12)15-10)7(11)16-19-6(3)18/h4-5H2,1-3H3,(H2,11,16)(H2,12,13,14,15). The molecule has 0 aliphatic carbocycles. The van der Waals surface area contributed by atoms with E-state index in [1.165, 1.54) is 6.92 Å². The fourth-order valence-corrected chi connectivity index (χ4v) is 1.30. The maximum Gasteiger partial charge on any atom is 0.332 e. The highest BCUT2D eigenvalue weighted by Gasteiger charge is 2.12. The molecule has 0 amide bonds. The predicted octanol–water partition coefficient (Wildman–Crippen LogP) is -0.517. The lowest BCUT2D eigenvalue weighted by molar-refractivity contribution is -0.140. The van der Waals surface area contributed by atoms with E-state index in [2.05, 4.69) is 24.9 Å². The van der Waals surface area contributed by atoms with Crippen LogP contribution in [0.1, 0.15) is 26.6 Å². The lowest BCUT2D eigenvalue weighted by Crippen LogP contribution is -2.27. The van der Waals surface area contributed by atoms with Crippen molar-refractivity contribution in [3.8, 4) is 0 Å². The first-order chi connectivity index (χ1) is 8.97. The molecule has 1 aromatic rings. The van der Waals surface area contributed by atoms with Crippen LogP contribution in [-0.2, 0) is 9.63 Å². The Balaban J connectivity index is 3.08. The van der Waals surface area contributed by atoms with Gasteiger partial charge >= 0.3 is 5.97 Å². The second-order valence-electron chi connectivity index (χ2n) is 3.55. The van der Waals surface area contributed by atoms with Crippen LogP contribution in [0.25, 0.3) is 0 Å². The average Bonchev–Trinajstić information content (AvgIpc) is 2.36. The van der Waals surface area contributed by atoms with Gasteiger partial charge < -0.3 is 21.2 Å². The second kappa shape index (κ2) is 6.47. The molecule has 0 spiro atoms. The van der Waals surface area contributed by atoms with Crippen molar-refractivity contribution in [1.29, 1.82) is 0 Å². The second-order valence-corrected chi connectivity index (χ2v) is 3.55. The van der Waals surface area contributed by atoms with Crippen LogP contribution >= 0.6 is 0 Å². The van der Waals surface area contributed by atoms with Gasteiger partial charge in [0.1, 0.15) is 0 Å². The number of amidine groups is 1. The molecule has 0 saturated carbocycles. The third-order valence-corrected chi connectivity index (χ3v) is 2.19. The third-order valence-electron chi connectivity index (χ3n) is 2.19. The topological polar surface area (TPSA) is 133 Å². The molecule has 104 valence electrons. The average molecular weight is 267 g/mol. The van der Waals surface area contributed by atoms with Gasteiger partial charge in [-0.15, -0.1) is 0 Å². The quantitative estimate of drug-likeness (QED) is 0.315. The molecule has 0 unspecified atom stereocenters. The molecule has 1 aromatic heterocycles. The summed E-state index contributed by atoms with van der Waals surface area (Å²) in [6.07, 6.45) is 0. The van der Waals surface area contributed by atoms with Gasteiger partial charge in [-0.3, -0.25) is 0 Å². The minimum Gasteiger partial charge on any atom is -0.378 e. The summed E-state index contributed by atoms with van der Waals surface area (Å²) in [7, 11) is 0. The lowest BCUT2D eigenvalue weighted by Gasteiger charge is -2.18. The number of anilines is 2. The first-order valence-corrected chi connectivity index (χ1v) is 5.75. The minimum atomic E-state index is -0.589. The summed E-state index contributed by atoms with van der Waals surface area (Å²) >= 11 is 0. The predicted molar refractivity (Wildman–Crippen MR) is 70.3 cm³/mol. The molecule has 0 aromatic carbocycles. The number of hydrogen-bond donors (Lipinski definition) is 2. The highest BCUT2D eigenvalue weighted by Crippen LogP contribution is 2.08. The Morgan fingerprint density at radius 2 is 1.95 bits per heavy atom. The summed E-state index contributed by atoms with van der Waals surface area (Å²) in [6, 6.07) is 0. The summed E-state index contributed by atoms with van der Waals surface area (Å²) in [5.41, 5.74) is 11.2. The highest BCUT2D eigenvalue weighted by atomic mass is 16.7. The van der Waals surface area contributed by atoms with Gasteiger partial charge in [0, 0.05) is 20.0 Å². The molecule has 0 radical (unpaired) electrons. The summed E-state index contributed by atoms with van der Waals surface area (Å²) in [5.74, 6) is -0.247. The SMILES string of the molecule is CCN(CC)c1nc(N)nc(/C(N)=N/OC(C)=O)n1. The van der Waals surface area contributed by atoms with Gasteiger partial charge in [0.05, 0.1) is 0 Å². The molecule has 0 saturated heterocycles. The molecule has 0 atom stereocenters. The van der Waals surface area contributed by atoms with Gasteiger partial charge in [-0.25, -0.2) is 4.79 Å². The van der Waals surface area contributed by atoms with Crippen LogP contribution in [0, 0.1) is 0 Å². The molecule has 0 aliphatic heterocycles. The van der Waals surface area contributed by atoms with Crippen LogP contribution in [-0.4, -0.2) is 39.8 Å². The number of hydrogen-bond acceptors (Lipinski definition) is 8. The molecule has 1 rings (SSSR count). The maximum absolute atomic E-state index is 10.6. The molecule has 0 aliphatic rings. The van der Waals surface area contributed by atoms with Crippen LogP contribution in [0.2, 0.25) is 0 Å². The zero-order chi connectivity index (χ0) is 14.4. The van der Waals surface area contributed by atoms with Crippen molar-refractivity contribution in [2.45, 2.75) is 20.8 Å². The van der Waals surface area contributed by atoms with Crippen molar-refractivity contribution in [3.05, 3.63) is 5.82 Å². The van der Waals surface area contributed by atoms with Crippen molar-refractivity contribution in [2.24, 2.45) is 10.9 Å². The molecule has 4 N–H and O–H groups in total. The molecular formula is C10H17N7O2. The number of nitrogen functional groups attached to an aromatic ring is 1. The number of oxime groups is 1. The number of rotatable bonds is 5. The van der Waals surface area contributed by atoms with E-state index in [9.17, 15) is 4.79 Å². The Kier molecular flexibility index (Phi) is 4.98. The molecular weight excluding hydrogens is 250 g/mol. The first kappa shape index (κ1) is 14.6. The van der Waals surface area contributed by atoms with E-state index >= 15 is 0 Å². The van der Waals surface area contributed by atoms with E-state index in [1.807, 2.05) is 18.7 Å². The summed E-state index contributed by atoms with van der Waals surface area (Å²) in [6.45, 7) is 6.54. The van der Waals surface area contributed by atoms with E-state index in [0.29, 0.717) is 19.0 Å². The van der Waals surface area contributed by atoms with Crippen molar-refractivity contribution < 1.29 is 9.63 Å². The van der Waals surface area contributed by atoms with Crippen molar-refractivity contribution in [1.82, 2.24) is 15.0 Å². The molecule has 0 bridgehead atoms. The van der Waals surface area contributed by atoms with Crippen LogP contribution in [0.3, 0.4) is 0 Å². The monoisotopic (exact) mass is 267 g/mol. The minimum absolute atomic E-state index is 0.0212. The van der Waals surface area contributed by atoms with Gasteiger partial charge in [0.2, 0.25) is 23.6 Å². The van der Waals surface area contributed by atoms with Crippen LogP contribution in [0.4, 0.5) is 11.9 Å². The summed E-state index contributed by atoms with van der Waals surface area (Å²) in [4.78, 5) is 28.9. The van der Waals surface area contributed by atoms with Crippen molar-refractivity contribution in [3.63, 3.8) is 0 Å². The molecule has 9 nitrogen and oxygen atoms in total. The zero-order valence-electron chi connectivity index (χ0n) is 11.1. The third kappa shape index (κ3) is 4.05. The number of nitrogens with two attached hydrogens (primary N) is 2. The van der Waals surface area contributed by atoms with Crippen molar-refractivity contribution in [2.75, 3.05) is 23.7 Å². The number of carbonyl (C=O) groups is 1. The van der Waals surface area contributed by atoms with E-state index in [0.717, 1.165) is 0 Å². The fraction of sp³-hybridized carbons (Fsp3) is 0.500. The largest absolute Gasteiger partial charge is 0.378 e. The molecule has 0 fully saturated rings. The summed E-state index contributed by atoms with van der Waals surface area (Å²) < 4.78 is 0. The Bertz CT molecular complexity index is 485. The molecule has 19 heavy (non-hydrogen) atoms. The normalized spacial score (nSPS) is 11.2. The van der Waals surface area contributed by atoms with E-state index in [1.54, 1.807) is 0 Å². The highest BCUT2D eigenvalue weighted by molar-refractivity contribution is 5.94. The summed E-state index contributed by atoms with van der Waals surface area (Å²) in [5, 5.41) is 3.41. The van der Waals surface area contributed by atoms with Crippen LogP contribution in [0.15, 0.2) is 5.16 Å². The Morgan fingerprint density at radius 3 is 2.47 bits per heavy atom. The fourth-order valence-electron chi connectivity index (χ4n) is 1.30. The lowest BCUT2D eigenvalue weighted by atomic mass is 10.5. The smallest absolute Gasteiger partial charge is 0.332 e. The number of nitrogens with zero attached hydrogens (tertiary/aromatic N) is 5. The molecule has 1 heterocycles. The Hall–Kier alpha value is -2.45. The first-order valence-electron chi connectivity index (χ1n) is 5.75. The van der Waals surface area contributed by atoms with Crippen LogP contribution in [0.5, 0.6) is 0 Å². The zero-order valence-corrected chi connectivity index (χ0v) is 11.1. The van der Waals surface area contributed by atoms with Gasteiger partial charge in [-0.05, 0) is 13.8 Å². The maximum atomic E-state index is 10.6. The van der Waals surface area contributed by atoms with Gasteiger partial charge in [0.15, 0.2) is 0 Å². The van der Waals surface area contributed by atoms with Gasteiger partial charge in [-0.2, -0.15) is 15.0 Å². The van der Waals surface area contributed by atoms with E-state index in [4.69, 9.17) is 11.5 Å². The van der Waals surface area contributed by atoms with E-state index in [-0.39, 0.29) is 17.6 Å².